The fourth-order valence-corrected chi connectivity index (χ4v) is 3.74. The van der Waals surface area contributed by atoms with Crippen molar-refractivity contribution in [1.82, 2.24) is 10.2 Å². The third-order valence-corrected chi connectivity index (χ3v) is 5.06. The third kappa shape index (κ3) is 4.00. The number of hydrogen-bond acceptors (Lipinski definition) is 3. The van der Waals surface area contributed by atoms with Crippen molar-refractivity contribution in [2.45, 2.75) is 31.1 Å². The predicted octanol–water partition coefficient (Wildman–Crippen LogP) is 2.14. The van der Waals surface area contributed by atoms with Gasteiger partial charge in [0.2, 0.25) is 11.8 Å². The van der Waals surface area contributed by atoms with Gasteiger partial charge in [-0.1, -0.05) is 6.07 Å². The number of amides is 2. The van der Waals surface area contributed by atoms with Gasteiger partial charge in [0, 0.05) is 19.3 Å². The van der Waals surface area contributed by atoms with Crippen LogP contribution in [0.15, 0.2) is 18.2 Å². The highest BCUT2D eigenvalue weighted by atomic mass is 32.2. The highest BCUT2D eigenvalue weighted by molar-refractivity contribution is 8.00. The maximum atomic E-state index is 13.3. The molecular formula is C16H21FN2O2S. The van der Waals surface area contributed by atoms with Gasteiger partial charge in [-0.3, -0.25) is 9.59 Å². The molecule has 1 aromatic carbocycles. The molecule has 1 aliphatic carbocycles. The first-order chi connectivity index (χ1) is 10.4. The molecule has 2 rings (SSSR count). The predicted molar refractivity (Wildman–Crippen MR) is 86.2 cm³/mol. The van der Waals surface area contributed by atoms with E-state index in [1.807, 2.05) is 6.07 Å². The van der Waals surface area contributed by atoms with E-state index in [0.29, 0.717) is 0 Å². The third-order valence-electron chi connectivity index (χ3n) is 3.73. The van der Waals surface area contributed by atoms with Gasteiger partial charge in [0.1, 0.15) is 11.9 Å². The van der Waals surface area contributed by atoms with E-state index >= 15 is 0 Å². The Morgan fingerprint density at radius 2 is 2.18 bits per heavy atom. The molecule has 0 saturated carbocycles. The number of thioether (sulfide) groups is 1. The zero-order chi connectivity index (χ0) is 16.3. The maximum absolute atomic E-state index is 13.3. The minimum atomic E-state index is -0.531. The molecule has 0 fully saturated rings. The normalized spacial score (nSPS) is 17.7. The van der Waals surface area contributed by atoms with Crippen molar-refractivity contribution in [2.75, 3.05) is 19.8 Å². The Morgan fingerprint density at radius 1 is 1.45 bits per heavy atom. The summed E-state index contributed by atoms with van der Waals surface area (Å²) in [6, 6.07) is 4.34. The standard InChI is InChI=1S/C16H21FN2O2S/c1-10(16(21)19(2)3)18-15(20)9-22-14-7-5-11-4-6-12(17)8-13(11)14/h4,6,8,10,14H,5,7,9H2,1-3H3,(H,18,20). The summed E-state index contributed by atoms with van der Waals surface area (Å²) in [6.45, 7) is 1.67. The van der Waals surface area contributed by atoms with Crippen LogP contribution in [0.2, 0.25) is 0 Å². The average Bonchev–Trinajstić information content (AvgIpc) is 2.86. The number of hydrogen-bond donors (Lipinski definition) is 1. The lowest BCUT2D eigenvalue weighted by Gasteiger charge is -2.18. The molecule has 2 atom stereocenters. The first kappa shape index (κ1) is 16.8. The van der Waals surface area contributed by atoms with E-state index in [9.17, 15) is 14.0 Å². The Labute approximate surface area is 134 Å². The smallest absolute Gasteiger partial charge is 0.244 e. The van der Waals surface area contributed by atoms with E-state index < -0.39 is 6.04 Å². The summed E-state index contributed by atoms with van der Waals surface area (Å²) in [5, 5.41) is 2.84. The van der Waals surface area contributed by atoms with E-state index in [4.69, 9.17) is 0 Å². The van der Waals surface area contributed by atoms with Crippen LogP contribution in [0.1, 0.15) is 29.7 Å². The number of carbonyl (C=O) groups excluding carboxylic acids is 2. The van der Waals surface area contributed by atoms with Crippen LogP contribution in [0.5, 0.6) is 0 Å². The number of rotatable bonds is 5. The number of benzene rings is 1. The van der Waals surface area contributed by atoms with Gasteiger partial charge in [-0.25, -0.2) is 4.39 Å². The molecule has 0 heterocycles. The fraction of sp³-hybridized carbons (Fsp3) is 0.500. The lowest BCUT2D eigenvalue weighted by Crippen LogP contribution is -2.44. The molecule has 1 N–H and O–H groups in total. The Balaban J connectivity index is 1.86. The summed E-state index contributed by atoms with van der Waals surface area (Å²) >= 11 is 1.50. The average molecular weight is 324 g/mol. The SMILES string of the molecule is CC(NC(=O)CSC1CCc2ccc(F)cc21)C(=O)N(C)C. The number of carbonyl (C=O) groups is 2. The molecule has 0 aromatic heterocycles. The topological polar surface area (TPSA) is 49.4 Å². The summed E-state index contributed by atoms with van der Waals surface area (Å²) in [5.74, 6) is -0.267. The largest absolute Gasteiger partial charge is 0.347 e. The van der Waals surface area contributed by atoms with Crippen molar-refractivity contribution in [3.63, 3.8) is 0 Å². The van der Waals surface area contributed by atoms with Crippen LogP contribution in [0.3, 0.4) is 0 Å². The van der Waals surface area contributed by atoms with E-state index in [1.54, 1.807) is 27.1 Å². The van der Waals surface area contributed by atoms with Gasteiger partial charge in [0.25, 0.3) is 0 Å². The number of halogens is 1. The molecule has 4 nitrogen and oxygen atoms in total. The lowest BCUT2D eigenvalue weighted by molar-refractivity contribution is -0.133. The minimum absolute atomic E-state index is 0.133. The molecule has 0 saturated heterocycles. The molecule has 6 heteroatoms. The molecule has 22 heavy (non-hydrogen) atoms. The molecule has 1 aromatic rings. The Bertz CT molecular complexity index is 577. The first-order valence-corrected chi connectivity index (χ1v) is 8.34. The van der Waals surface area contributed by atoms with Crippen molar-refractivity contribution in [3.05, 3.63) is 35.1 Å². The van der Waals surface area contributed by atoms with Crippen LogP contribution >= 0.6 is 11.8 Å². The number of nitrogens with zero attached hydrogens (tertiary/aromatic N) is 1. The van der Waals surface area contributed by atoms with Gasteiger partial charge in [-0.2, -0.15) is 0 Å². The van der Waals surface area contributed by atoms with Crippen LogP contribution in [-0.4, -0.2) is 42.6 Å². The molecular weight excluding hydrogens is 303 g/mol. The van der Waals surface area contributed by atoms with Gasteiger partial charge in [0.05, 0.1) is 5.75 Å². The summed E-state index contributed by atoms with van der Waals surface area (Å²) in [4.78, 5) is 25.1. The van der Waals surface area contributed by atoms with Gasteiger partial charge < -0.3 is 10.2 Å². The van der Waals surface area contributed by atoms with Crippen molar-refractivity contribution >= 4 is 23.6 Å². The van der Waals surface area contributed by atoms with Gasteiger partial charge in [-0.15, -0.1) is 11.8 Å². The quantitative estimate of drug-likeness (QED) is 0.903. The monoisotopic (exact) mass is 324 g/mol. The van der Waals surface area contributed by atoms with Crippen molar-refractivity contribution < 1.29 is 14.0 Å². The maximum Gasteiger partial charge on any atom is 0.244 e. The van der Waals surface area contributed by atoms with E-state index in [1.165, 1.54) is 22.7 Å². The van der Waals surface area contributed by atoms with Gasteiger partial charge >= 0.3 is 0 Å². The molecule has 2 unspecified atom stereocenters. The highest BCUT2D eigenvalue weighted by Crippen LogP contribution is 2.41. The van der Waals surface area contributed by atoms with Crippen molar-refractivity contribution in [1.29, 1.82) is 0 Å². The zero-order valence-corrected chi connectivity index (χ0v) is 13.9. The van der Waals surface area contributed by atoms with Crippen LogP contribution in [0.4, 0.5) is 4.39 Å². The highest BCUT2D eigenvalue weighted by Gasteiger charge is 2.25. The molecule has 0 aliphatic heterocycles. The minimum Gasteiger partial charge on any atom is -0.347 e. The number of likely N-dealkylation sites (N-methyl/N-ethyl adjacent to an activating group) is 1. The first-order valence-electron chi connectivity index (χ1n) is 7.29. The number of fused-ring (bicyclic) bond motifs is 1. The fourth-order valence-electron chi connectivity index (χ4n) is 2.62. The van der Waals surface area contributed by atoms with Gasteiger partial charge in [0.15, 0.2) is 0 Å². The van der Waals surface area contributed by atoms with E-state index in [2.05, 4.69) is 5.32 Å². The molecule has 0 radical (unpaired) electrons. The second-order valence-corrected chi connectivity index (χ2v) is 6.89. The van der Waals surface area contributed by atoms with Crippen molar-refractivity contribution in [2.24, 2.45) is 0 Å². The second-order valence-electron chi connectivity index (χ2n) is 5.70. The van der Waals surface area contributed by atoms with E-state index in [-0.39, 0.29) is 28.6 Å². The van der Waals surface area contributed by atoms with Crippen molar-refractivity contribution in [3.8, 4) is 0 Å². The van der Waals surface area contributed by atoms with Crippen LogP contribution < -0.4 is 5.32 Å². The number of aryl methyl sites for hydroxylation is 1. The summed E-state index contributed by atoms with van der Waals surface area (Å²) in [6.07, 6.45) is 1.84. The second kappa shape index (κ2) is 7.13. The Morgan fingerprint density at radius 3 is 2.86 bits per heavy atom. The molecule has 1 aliphatic rings. The molecule has 0 bridgehead atoms. The van der Waals surface area contributed by atoms with Crippen LogP contribution in [-0.2, 0) is 16.0 Å². The van der Waals surface area contributed by atoms with E-state index in [0.717, 1.165) is 24.0 Å². The van der Waals surface area contributed by atoms with Crippen LogP contribution in [0.25, 0.3) is 0 Å². The molecule has 0 spiro atoms. The summed E-state index contributed by atoms with van der Waals surface area (Å²) < 4.78 is 13.3. The Kier molecular flexibility index (Phi) is 5.45. The van der Waals surface area contributed by atoms with Gasteiger partial charge in [-0.05, 0) is 43.0 Å². The molecule has 2 amide bonds. The summed E-state index contributed by atoms with van der Waals surface area (Å²) in [5.41, 5.74) is 2.16. The Hall–Kier alpha value is -1.56. The lowest BCUT2D eigenvalue weighted by atomic mass is 10.1. The molecule has 120 valence electrons. The zero-order valence-electron chi connectivity index (χ0n) is 13.1. The number of nitrogens with one attached hydrogen (secondary N) is 1. The van der Waals surface area contributed by atoms with Crippen LogP contribution in [0, 0.1) is 5.82 Å². The summed E-state index contributed by atoms with van der Waals surface area (Å²) in [7, 11) is 3.31.